The van der Waals surface area contributed by atoms with E-state index in [1.54, 1.807) is 12.4 Å². The molecular formula is C16H18N4O. The first-order valence-electron chi connectivity index (χ1n) is 7.19. The van der Waals surface area contributed by atoms with E-state index in [1.807, 2.05) is 35.2 Å². The molecule has 0 bridgehead atoms. The fourth-order valence-electron chi connectivity index (χ4n) is 2.64. The van der Waals surface area contributed by atoms with Crippen LogP contribution in [-0.2, 0) is 0 Å². The van der Waals surface area contributed by atoms with E-state index < -0.39 is 0 Å². The van der Waals surface area contributed by atoms with Gasteiger partial charge in [-0.3, -0.25) is 4.79 Å². The number of benzene rings is 1. The van der Waals surface area contributed by atoms with Crippen LogP contribution in [0.5, 0.6) is 0 Å². The highest BCUT2D eigenvalue weighted by molar-refractivity contribution is 5.93. The van der Waals surface area contributed by atoms with Gasteiger partial charge in [0, 0.05) is 37.2 Å². The Morgan fingerprint density at radius 3 is 2.71 bits per heavy atom. The van der Waals surface area contributed by atoms with Crippen molar-refractivity contribution in [3.8, 4) is 0 Å². The second-order valence-corrected chi connectivity index (χ2v) is 5.23. The van der Waals surface area contributed by atoms with Crippen molar-refractivity contribution in [1.29, 1.82) is 0 Å². The van der Waals surface area contributed by atoms with Crippen LogP contribution in [0.4, 0.5) is 5.69 Å². The molecular weight excluding hydrogens is 264 g/mol. The van der Waals surface area contributed by atoms with Crippen molar-refractivity contribution in [2.45, 2.75) is 18.9 Å². The third-order valence-electron chi connectivity index (χ3n) is 3.66. The molecule has 21 heavy (non-hydrogen) atoms. The molecule has 1 saturated heterocycles. The SMILES string of the molecule is O=C(c1cncnc1)N1CCCC(Nc2ccccc2)C1. The molecule has 1 atom stereocenters. The van der Waals surface area contributed by atoms with Gasteiger partial charge >= 0.3 is 0 Å². The molecule has 2 heterocycles. The van der Waals surface area contributed by atoms with Gasteiger partial charge in [-0.2, -0.15) is 0 Å². The Morgan fingerprint density at radius 1 is 1.19 bits per heavy atom. The number of rotatable bonds is 3. The molecule has 1 aromatic carbocycles. The van der Waals surface area contributed by atoms with Crippen molar-refractivity contribution in [2.75, 3.05) is 18.4 Å². The van der Waals surface area contributed by atoms with E-state index in [-0.39, 0.29) is 11.9 Å². The number of likely N-dealkylation sites (tertiary alicyclic amines) is 1. The van der Waals surface area contributed by atoms with Crippen molar-refractivity contribution >= 4 is 11.6 Å². The lowest BCUT2D eigenvalue weighted by Gasteiger charge is -2.33. The van der Waals surface area contributed by atoms with Gasteiger partial charge in [-0.25, -0.2) is 9.97 Å². The normalized spacial score (nSPS) is 18.3. The van der Waals surface area contributed by atoms with Crippen molar-refractivity contribution in [1.82, 2.24) is 14.9 Å². The predicted octanol–water partition coefficient (Wildman–Crippen LogP) is 2.19. The van der Waals surface area contributed by atoms with Gasteiger partial charge in [0.25, 0.3) is 5.91 Å². The second kappa shape index (κ2) is 6.35. The molecule has 1 N–H and O–H groups in total. The first-order chi connectivity index (χ1) is 10.3. The molecule has 0 radical (unpaired) electrons. The maximum Gasteiger partial charge on any atom is 0.257 e. The highest BCUT2D eigenvalue weighted by Crippen LogP contribution is 2.17. The van der Waals surface area contributed by atoms with E-state index in [4.69, 9.17) is 0 Å². The smallest absolute Gasteiger partial charge is 0.257 e. The molecule has 1 unspecified atom stereocenters. The molecule has 0 aliphatic carbocycles. The van der Waals surface area contributed by atoms with Crippen LogP contribution in [0.3, 0.4) is 0 Å². The molecule has 1 aliphatic rings. The maximum atomic E-state index is 12.4. The number of nitrogens with zero attached hydrogens (tertiary/aromatic N) is 3. The lowest BCUT2D eigenvalue weighted by Crippen LogP contribution is -2.45. The van der Waals surface area contributed by atoms with Gasteiger partial charge in [-0.1, -0.05) is 18.2 Å². The first-order valence-corrected chi connectivity index (χ1v) is 7.19. The Bertz CT molecular complexity index is 588. The lowest BCUT2D eigenvalue weighted by atomic mass is 10.0. The van der Waals surface area contributed by atoms with Gasteiger partial charge in [0.1, 0.15) is 6.33 Å². The Morgan fingerprint density at radius 2 is 1.95 bits per heavy atom. The number of anilines is 1. The van der Waals surface area contributed by atoms with Gasteiger partial charge in [-0.15, -0.1) is 0 Å². The van der Waals surface area contributed by atoms with E-state index in [2.05, 4.69) is 15.3 Å². The molecule has 1 aromatic heterocycles. The highest BCUT2D eigenvalue weighted by Gasteiger charge is 2.24. The number of nitrogens with one attached hydrogen (secondary N) is 1. The number of amides is 1. The summed E-state index contributed by atoms with van der Waals surface area (Å²) in [6.07, 6.45) is 6.66. The molecule has 5 nitrogen and oxygen atoms in total. The number of carbonyl (C=O) groups is 1. The van der Waals surface area contributed by atoms with E-state index >= 15 is 0 Å². The third kappa shape index (κ3) is 3.37. The number of hydrogen-bond acceptors (Lipinski definition) is 4. The summed E-state index contributed by atoms with van der Waals surface area (Å²) in [4.78, 5) is 22.1. The topological polar surface area (TPSA) is 58.1 Å². The summed E-state index contributed by atoms with van der Waals surface area (Å²) < 4.78 is 0. The summed E-state index contributed by atoms with van der Waals surface area (Å²) in [6, 6.07) is 10.4. The van der Waals surface area contributed by atoms with Crippen LogP contribution >= 0.6 is 0 Å². The summed E-state index contributed by atoms with van der Waals surface area (Å²) in [5.41, 5.74) is 1.65. The lowest BCUT2D eigenvalue weighted by molar-refractivity contribution is 0.0714. The van der Waals surface area contributed by atoms with Crippen LogP contribution < -0.4 is 5.32 Å². The average Bonchev–Trinajstić information content (AvgIpc) is 2.56. The number of carbonyl (C=O) groups excluding carboxylic acids is 1. The van der Waals surface area contributed by atoms with Crippen molar-refractivity contribution in [2.24, 2.45) is 0 Å². The van der Waals surface area contributed by atoms with E-state index in [0.29, 0.717) is 12.1 Å². The Kier molecular flexibility index (Phi) is 4.09. The standard InChI is InChI=1S/C16H18N4O/c21-16(13-9-17-12-18-10-13)20-8-4-7-15(11-20)19-14-5-2-1-3-6-14/h1-3,5-6,9-10,12,15,19H,4,7-8,11H2. The van der Waals surface area contributed by atoms with Gasteiger partial charge in [0.2, 0.25) is 0 Å². The summed E-state index contributed by atoms with van der Waals surface area (Å²) in [5, 5.41) is 3.49. The van der Waals surface area contributed by atoms with Crippen LogP contribution in [0.2, 0.25) is 0 Å². The zero-order valence-electron chi connectivity index (χ0n) is 11.8. The number of hydrogen-bond donors (Lipinski definition) is 1. The minimum Gasteiger partial charge on any atom is -0.381 e. The first kappa shape index (κ1) is 13.5. The minimum atomic E-state index is 0.00941. The molecule has 1 aliphatic heterocycles. The van der Waals surface area contributed by atoms with Gasteiger partial charge < -0.3 is 10.2 Å². The fourth-order valence-corrected chi connectivity index (χ4v) is 2.64. The number of para-hydroxylation sites is 1. The zero-order chi connectivity index (χ0) is 14.5. The minimum absolute atomic E-state index is 0.00941. The van der Waals surface area contributed by atoms with E-state index in [9.17, 15) is 4.79 Å². The second-order valence-electron chi connectivity index (χ2n) is 5.23. The van der Waals surface area contributed by atoms with Crippen molar-refractivity contribution < 1.29 is 4.79 Å². The fraction of sp³-hybridized carbons (Fsp3) is 0.312. The van der Waals surface area contributed by atoms with Gasteiger partial charge in [-0.05, 0) is 25.0 Å². The molecule has 0 spiro atoms. The number of piperidine rings is 1. The summed E-state index contributed by atoms with van der Waals surface area (Å²) in [6.45, 7) is 1.50. The molecule has 3 rings (SSSR count). The van der Waals surface area contributed by atoms with Gasteiger partial charge in [0.15, 0.2) is 0 Å². The molecule has 5 heteroatoms. The largest absolute Gasteiger partial charge is 0.381 e. The van der Waals surface area contributed by atoms with Crippen LogP contribution in [0.1, 0.15) is 23.2 Å². The van der Waals surface area contributed by atoms with E-state index in [0.717, 1.165) is 25.1 Å². The molecule has 0 saturated carbocycles. The third-order valence-corrected chi connectivity index (χ3v) is 3.66. The quantitative estimate of drug-likeness (QED) is 0.937. The average molecular weight is 282 g/mol. The zero-order valence-corrected chi connectivity index (χ0v) is 11.8. The molecule has 1 amide bonds. The van der Waals surface area contributed by atoms with Crippen molar-refractivity contribution in [3.63, 3.8) is 0 Å². The van der Waals surface area contributed by atoms with Crippen molar-refractivity contribution in [3.05, 3.63) is 54.6 Å². The molecule has 108 valence electrons. The van der Waals surface area contributed by atoms with Crippen LogP contribution in [0.15, 0.2) is 49.1 Å². The summed E-state index contributed by atoms with van der Waals surface area (Å²) in [7, 11) is 0. The Hall–Kier alpha value is -2.43. The monoisotopic (exact) mass is 282 g/mol. The van der Waals surface area contributed by atoms with Gasteiger partial charge in [0.05, 0.1) is 5.56 Å². The van der Waals surface area contributed by atoms with E-state index in [1.165, 1.54) is 6.33 Å². The summed E-state index contributed by atoms with van der Waals surface area (Å²) in [5.74, 6) is 0.00941. The maximum absolute atomic E-state index is 12.4. The Labute approximate surface area is 124 Å². The van der Waals surface area contributed by atoms with Crippen LogP contribution in [0, 0.1) is 0 Å². The predicted molar refractivity (Wildman–Crippen MR) is 81.0 cm³/mol. The van der Waals surface area contributed by atoms with Crippen LogP contribution in [0.25, 0.3) is 0 Å². The molecule has 1 fully saturated rings. The summed E-state index contributed by atoms with van der Waals surface area (Å²) >= 11 is 0. The molecule has 2 aromatic rings. The van der Waals surface area contributed by atoms with Crippen LogP contribution in [-0.4, -0.2) is 39.9 Å². The number of aromatic nitrogens is 2. The Balaban J connectivity index is 1.64. The highest BCUT2D eigenvalue weighted by atomic mass is 16.2.